The summed E-state index contributed by atoms with van der Waals surface area (Å²) in [4.78, 5) is 1.18. The van der Waals surface area contributed by atoms with Crippen molar-refractivity contribution in [2.24, 2.45) is 5.73 Å². The van der Waals surface area contributed by atoms with E-state index in [1.807, 2.05) is 32.9 Å². The second-order valence-corrected chi connectivity index (χ2v) is 5.63. The first-order chi connectivity index (χ1) is 8.00. The van der Waals surface area contributed by atoms with E-state index in [1.165, 1.54) is 4.90 Å². The molecule has 0 spiro atoms. The van der Waals surface area contributed by atoms with Crippen LogP contribution in [0.25, 0.3) is 0 Å². The molecule has 0 aliphatic rings. The first-order valence-electron chi connectivity index (χ1n) is 6.21. The zero-order valence-corrected chi connectivity index (χ0v) is 11.8. The average Bonchev–Trinajstić information content (AvgIpc) is 2.36. The van der Waals surface area contributed by atoms with Crippen LogP contribution in [0.15, 0.2) is 29.2 Å². The van der Waals surface area contributed by atoms with Gasteiger partial charge in [-0.25, -0.2) is 0 Å². The molecule has 0 fully saturated rings. The SMILES string of the molecule is CCC(O)(CC)CSc1cccc(C(C)N)c1. The Labute approximate surface area is 109 Å². The van der Waals surface area contributed by atoms with Crippen LogP contribution in [0.4, 0.5) is 0 Å². The van der Waals surface area contributed by atoms with E-state index < -0.39 is 5.60 Å². The van der Waals surface area contributed by atoms with Crippen molar-refractivity contribution >= 4 is 11.8 Å². The molecule has 17 heavy (non-hydrogen) atoms. The standard InChI is InChI=1S/C14H23NOS/c1-4-14(16,5-2)10-17-13-8-6-7-12(9-13)11(3)15/h6-9,11,16H,4-5,10,15H2,1-3H3. The molecule has 1 aromatic rings. The van der Waals surface area contributed by atoms with E-state index in [2.05, 4.69) is 12.1 Å². The van der Waals surface area contributed by atoms with Gasteiger partial charge in [0.15, 0.2) is 0 Å². The molecule has 3 heteroatoms. The molecular weight excluding hydrogens is 230 g/mol. The largest absolute Gasteiger partial charge is 0.389 e. The van der Waals surface area contributed by atoms with Crippen molar-refractivity contribution in [3.8, 4) is 0 Å². The quantitative estimate of drug-likeness (QED) is 0.764. The minimum Gasteiger partial charge on any atom is -0.389 e. The highest BCUT2D eigenvalue weighted by Crippen LogP contribution is 2.28. The van der Waals surface area contributed by atoms with E-state index in [9.17, 15) is 5.11 Å². The summed E-state index contributed by atoms with van der Waals surface area (Å²) in [6.45, 7) is 6.04. The number of benzene rings is 1. The zero-order valence-electron chi connectivity index (χ0n) is 10.9. The normalized spacial score (nSPS) is 13.7. The van der Waals surface area contributed by atoms with Crippen molar-refractivity contribution in [3.63, 3.8) is 0 Å². The van der Waals surface area contributed by atoms with Gasteiger partial charge >= 0.3 is 0 Å². The summed E-state index contributed by atoms with van der Waals surface area (Å²) in [5.74, 6) is 0.738. The average molecular weight is 253 g/mol. The highest BCUT2D eigenvalue weighted by atomic mass is 32.2. The van der Waals surface area contributed by atoms with Crippen LogP contribution >= 0.6 is 11.8 Å². The van der Waals surface area contributed by atoms with E-state index in [-0.39, 0.29) is 6.04 Å². The lowest BCUT2D eigenvalue weighted by molar-refractivity contribution is 0.0572. The van der Waals surface area contributed by atoms with E-state index in [0.29, 0.717) is 0 Å². The lowest BCUT2D eigenvalue weighted by atomic mass is 10.0. The molecular formula is C14H23NOS. The fraction of sp³-hybridized carbons (Fsp3) is 0.571. The topological polar surface area (TPSA) is 46.2 Å². The summed E-state index contributed by atoms with van der Waals surface area (Å²) in [5, 5.41) is 10.2. The summed E-state index contributed by atoms with van der Waals surface area (Å²) in [5.41, 5.74) is 6.46. The Balaban J connectivity index is 2.66. The minimum absolute atomic E-state index is 0.0618. The van der Waals surface area contributed by atoms with Gasteiger partial charge in [0.25, 0.3) is 0 Å². The van der Waals surface area contributed by atoms with Gasteiger partial charge in [-0.1, -0.05) is 26.0 Å². The zero-order chi connectivity index (χ0) is 12.9. The van der Waals surface area contributed by atoms with Gasteiger partial charge in [-0.15, -0.1) is 11.8 Å². The molecule has 0 aliphatic heterocycles. The van der Waals surface area contributed by atoms with Crippen LogP contribution in [0.5, 0.6) is 0 Å². The second kappa shape index (κ2) is 6.43. The van der Waals surface area contributed by atoms with E-state index >= 15 is 0 Å². The number of rotatable bonds is 6. The maximum Gasteiger partial charge on any atom is 0.0736 e. The third kappa shape index (κ3) is 4.34. The number of thioether (sulfide) groups is 1. The van der Waals surface area contributed by atoms with Gasteiger partial charge in [0.1, 0.15) is 0 Å². The Morgan fingerprint density at radius 2 is 2.00 bits per heavy atom. The van der Waals surface area contributed by atoms with Crippen LogP contribution in [0.2, 0.25) is 0 Å². The molecule has 96 valence electrons. The first-order valence-corrected chi connectivity index (χ1v) is 7.20. The lowest BCUT2D eigenvalue weighted by Gasteiger charge is -2.24. The Morgan fingerprint density at radius 1 is 1.35 bits per heavy atom. The predicted octanol–water partition coefficient (Wildman–Crippen LogP) is 3.35. The molecule has 1 rings (SSSR count). The predicted molar refractivity (Wildman–Crippen MR) is 75.3 cm³/mol. The molecule has 0 aromatic heterocycles. The van der Waals surface area contributed by atoms with Gasteiger partial charge in [-0.05, 0) is 37.5 Å². The van der Waals surface area contributed by atoms with Gasteiger partial charge in [-0.2, -0.15) is 0 Å². The van der Waals surface area contributed by atoms with Crippen molar-refractivity contribution in [2.75, 3.05) is 5.75 Å². The molecule has 1 atom stereocenters. The summed E-state index contributed by atoms with van der Waals surface area (Å²) >= 11 is 1.70. The molecule has 3 N–H and O–H groups in total. The van der Waals surface area contributed by atoms with Gasteiger partial charge in [0.05, 0.1) is 5.60 Å². The van der Waals surface area contributed by atoms with Crippen molar-refractivity contribution in [2.45, 2.75) is 50.2 Å². The van der Waals surface area contributed by atoms with Crippen LogP contribution in [0.1, 0.15) is 45.2 Å². The summed E-state index contributed by atoms with van der Waals surface area (Å²) in [6.07, 6.45) is 1.59. The minimum atomic E-state index is -0.547. The summed E-state index contributed by atoms with van der Waals surface area (Å²) in [7, 11) is 0. The summed E-state index contributed by atoms with van der Waals surface area (Å²) < 4.78 is 0. The van der Waals surface area contributed by atoms with Crippen LogP contribution in [-0.4, -0.2) is 16.5 Å². The van der Waals surface area contributed by atoms with Gasteiger partial charge in [-0.3, -0.25) is 0 Å². The fourth-order valence-electron chi connectivity index (χ4n) is 1.56. The van der Waals surface area contributed by atoms with Crippen LogP contribution < -0.4 is 5.73 Å². The Kier molecular flexibility index (Phi) is 5.50. The van der Waals surface area contributed by atoms with Gasteiger partial charge < -0.3 is 10.8 Å². The molecule has 0 saturated carbocycles. The fourth-order valence-corrected chi connectivity index (χ4v) is 2.80. The maximum atomic E-state index is 10.2. The number of hydrogen-bond acceptors (Lipinski definition) is 3. The molecule has 0 heterocycles. The lowest BCUT2D eigenvalue weighted by Crippen LogP contribution is -2.29. The van der Waals surface area contributed by atoms with Crippen molar-refractivity contribution in [3.05, 3.63) is 29.8 Å². The Morgan fingerprint density at radius 3 is 2.53 bits per heavy atom. The van der Waals surface area contributed by atoms with Crippen molar-refractivity contribution < 1.29 is 5.11 Å². The van der Waals surface area contributed by atoms with Crippen molar-refractivity contribution in [1.82, 2.24) is 0 Å². The number of hydrogen-bond donors (Lipinski definition) is 2. The van der Waals surface area contributed by atoms with Gasteiger partial charge in [0, 0.05) is 16.7 Å². The summed E-state index contributed by atoms with van der Waals surface area (Å²) in [6, 6.07) is 8.31. The highest BCUT2D eigenvalue weighted by Gasteiger charge is 2.22. The van der Waals surface area contributed by atoms with E-state index in [1.54, 1.807) is 11.8 Å². The molecule has 1 aromatic carbocycles. The second-order valence-electron chi connectivity index (χ2n) is 4.58. The Bertz CT molecular complexity index is 348. The smallest absolute Gasteiger partial charge is 0.0736 e. The highest BCUT2D eigenvalue weighted by molar-refractivity contribution is 7.99. The van der Waals surface area contributed by atoms with Gasteiger partial charge in [0.2, 0.25) is 0 Å². The molecule has 0 amide bonds. The molecule has 2 nitrogen and oxygen atoms in total. The van der Waals surface area contributed by atoms with Crippen LogP contribution in [0.3, 0.4) is 0 Å². The molecule has 0 saturated heterocycles. The van der Waals surface area contributed by atoms with E-state index in [4.69, 9.17) is 5.73 Å². The Hall–Kier alpha value is -0.510. The molecule has 1 unspecified atom stereocenters. The number of nitrogens with two attached hydrogens (primary N) is 1. The molecule has 0 bridgehead atoms. The van der Waals surface area contributed by atoms with E-state index in [0.717, 1.165) is 24.2 Å². The third-order valence-electron chi connectivity index (χ3n) is 3.21. The number of aliphatic hydroxyl groups is 1. The van der Waals surface area contributed by atoms with Crippen molar-refractivity contribution in [1.29, 1.82) is 0 Å². The third-order valence-corrected chi connectivity index (χ3v) is 4.48. The monoisotopic (exact) mass is 253 g/mol. The molecule has 0 aliphatic carbocycles. The molecule has 0 radical (unpaired) electrons. The van der Waals surface area contributed by atoms with Crippen LogP contribution in [0, 0.1) is 0 Å². The first kappa shape index (κ1) is 14.6. The van der Waals surface area contributed by atoms with Crippen LogP contribution in [-0.2, 0) is 0 Å². The maximum absolute atomic E-state index is 10.2.